The molecule has 1 aromatic carbocycles. The van der Waals surface area contributed by atoms with E-state index in [1.54, 1.807) is 7.11 Å². The Morgan fingerprint density at radius 3 is 2.86 bits per heavy atom. The van der Waals surface area contributed by atoms with Gasteiger partial charge in [-0.15, -0.1) is 0 Å². The second-order valence-corrected chi connectivity index (χ2v) is 6.86. The van der Waals surface area contributed by atoms with Gasteiger partial charge >= 0.3 is 0 Å². The molecule has 1 aliphatic carbocycles. The number of likely N-dealkylation sites (tertiary alicyclic amines) is 1. The summed E-state index contributed by atoms with van der Waals surface area (Å²) >= 11 is 0. The summed E-state index contributed by atoms with van der Waals surface area (Å²) in [4.78, 5) is 2.57. The molecule has 2 fully saturated rings. The van der Waals surface area contributed by atoms with Crippen LogP contribution in [0.3, 0.4) is 0 Å². The third-order valence-electron chi connectivity index (χ3n) is 5.63. The molecule has 3 rings (SSSR count). The van der Waals surface area contributed by atoms with E-state index in [2.05, 4.69) is 37.1 Å². The summed E-state index contributed by atoms with van der Waals surface area (Å²) in [5.41, 5.74) is 1.78. The van der Waals surface area contributed by atoms with Crippen molar-refractivity contribution in [3.8, 4) is 11.5 Å². The first-order valence-corrected chi connectivity index (χ1v) is 8.73. The van der Waals surface area contributed by atoms with E-state index in [1.807, 2.05) is 0 Å². The van der Waals surface area contributed by atoms with Crippen LogP contribution in [0.1, 0.15) is 51.0 Å². The zero-order valence-corrected chi connectivity index (χ0v) is 14.2. The second-order valence-electron chi connectivity index (χ2n) is 6.86. The van der Waals surface area contributed by atoms with E-state index in [0.717, 1.165) is 24.5 Å². The van der Waals surface area contributed by atoms with Crippen molar-refractivity contribution in [2.75, 3.05) is 27.3 Å². The van der Waals surface area contributed by atoms with E-state index < -0.39 is 0 Å². The molecule has 0 N–H and O–H groups in total. The Balaban J connectivity index is 1.96. The second kappa shape index (κ2) is 6.49. The Morgan fingerprint density at radius 1 is 1.23 bits per heavy atom. The van der Waals surface area contributed by atoms with Gasteiger partial charge < -0.3 is 14.4 Å². The number of rotatable bonds is 5. The molecule has 1 aliphatic heterocycles. The van der Waals surface area contributed by atoms with Gasteiger partial charge in [0.25, 0.3) is 0 Å². The molecule has 1 saturated carbocycles. The predicted molar refractivity (Wildman–Crippen MR) is 90.0 cm³/mol. The van der Waals surface area contributed by atoms with Crippen LogP contribution in [-0.4, -0.2) is 38.3 Å². The van der Waals surface area contributed by atoms with Crippen molar-refractivity contribution in [3.05, 3.63) is 23.8 Å². The Labute approximate surface area is 134 Å². The summed E-state index contributed by atoms with van der Waals surface area (Å²) in [5, 5.41) is 0. The van der Waals surface area contributed by atoms with Crippen molar-refractivity contribution in [3.63, 3.8) is 0 Å². The Hall–Kier alpha value is -1.22. The Kier molecular flexibility index (Phi) is 4.62. The van der Waals surface area contributed by atoms with Crippen molar-refractivity contribution >= 4 is 0 Å². The van der Waals surface area contributed by atoms with Crippen molar-refractivity contribution in [2.45, 2.75) is 56.9 Å². The maximum absolute atomic E-state index is 5.94. The maximum atomic E-state index is 5.94. The molecule has 22 heavy (non-hydrogen) atoms. The molecule has 0 spiro atoms. The van der Waals surface area contributed by atoms with Crippen LogP contribution in [0.2, 0.25) is 0 Å². The topological polar surface area (TPSA) is 21.7 Å². The lowest BCUT2D eigenvalue weighted by molar-refractivity contribution is 0.181. The highest BCUT2D eigenvalue weighted by Gasteiger charge is 2.48. The van der Waals surface area contributed by atoms with Gasteiger partial charge in [0.1, 0.15) is 0 Å². The quantitative estimate of drug-likeness (QED) is 0.820. The number of hydrogen-bond acceptors (Lipinski definition) is 3. The van der Waals surface area contributed by atoms with Crippen molar-refractivity contribution < 1.29 is 9.47 Å². The van der Waals surface area contributed by atoms with Gasteiger partial charge in [-0.3, -0.25) is 0 Å². The van der Waals surface area contributed by atoms with Gasteiger partial charge in [0.15, 0.2) is 11.5 Å². The fourth-order valence-electron chi connectivity index (χ4n) is 4.48. The number of ether oxygens (including phenoxy) is 2. The van der Waals surface area contributed by atoms with Crippen LogP contribution in [0, 0.1) is 0 Å². The molecule has 0 aromatic heterocycles. The first-order chi connectivity index (χ1) is 10.7. The summed E-state index contributed by atoms with van der Waals surface area (Å²) in [6, 6.07) is 7.31. The van der Waals surface area contributed by atoms with Crippen LogP contribution in [0.5, 0.6) is 11.5 Å². The van der Waals surface area contributed by atoms with Gasteiger partial charge in [-0.05, 0) is 57.0 Å². The molecule has 1 aromatic rings. The van der Waals surface area contributed by atoms with Crippen molar-refractivity contribution in [1.82, 2.24) is 4.90 Å². The lowest BCUT2D eigenvalue weighted by atomic mass is 9.66. The SMILES string of the molecule is CCCOc1cc([C@@]23CCCCC2N(C)CC3)ccc1OC. The van der Waals surface area contributed by atoms with E-state index in [1.165, 1.54) is 44.2 Å². The monoisotopic (exact) mass is 303 g/mol. The van der Waals surface area contributed by atoms with Gasteiger partial charge in [0, 0.05) is 11.5 Å². The van der Waals surface area contributed by atoms with Crippen LogP contribution in [0.15, 0.2) is 18.2 Å². The first kappa shape index (κ1) is 15.7. The Bertz CT molecular complexity index is 512. The average molecular weight is 303 g/mol. The smallest absolute Gasteiger partial charge is 0.161 e. The molecule has 0 bridgehead atoms. The molecule has 1 heterocycles. The lowest BCUT2D eigenvalue weighted by Crippen LogP contribution is -2.43. The minimum atomic E-state index is 0.323. The normalized spacial score (nSPS) is 28.4. The molecule has 3 heteroatoms. The third-order valence-corrected chi connectivity index (χ3v) is 5.63. The zero-order valence-electron chi connectivity index (χ0n) is 14.2. The zero-order chi connectivity index (χ0) is 15.6. The van der Waals surface area contributed by atoms with Gasteiger partial charge in [-0.25, -0.2) is 0 Å². The number of fused-ring (bicyclic) bond motifs is 1. The first-order valence-electron chi connectivity index (χ1n) is 8.73. The fourth-order valence-corrected chi connectivity index (χ4v) is 4.48. The van der Waals surface area contributed by atoms with E-state index in [9.17, 15) is 0 Å². The minimum absolute atomic E-state index is 0.323. The highest BCUT2D eigenvalue weighted by atomic mass is 16.5. The largest absolute Gasteiger partial charge is 0.493 e. The van der Waals surface area contributed by atoms with Crippen LogP contribution < -0.4 is 9.47 Å². The standard InChI is InChI=1S/C19H29NO2/c1-4-13-22-17-14-15(8-9-16(17)21-3)19-10-6-5-7-18(19)20(2)12-11-19/h8-9,14,18H,4-7,10-13H2,1-3H3/t18?,19-/m0/s1. The molecule has 3 nitrogen and oxygen atoms in total. The number of nitrogens with zero attached hydrogens (tertiary/aromatic N) is 1. The molecule has 122 valence electrons. The van der Waals surface area contributed by atoms with Crippen LogP contribution >= 0.6 is 0 Å². The molecular weight excluding hydrogens is 274 g/mol. The maximum Gasteiger partial charge on any atom is 0.161 e. The number of hydrogen-bond donors (Lipinski definition) is 0. The summed E-state index contributed by atoms with van der Waals surface area (Å²) < 4.78 is 11.4. The molecule has 1 unspecified atom stereocenters. The third kappa shape index (κ3) is 2.60. The molecular formula is C19H29NO2. The van der Waals surface area contributed by atoms with E-state index in [-0.39, 0.29) is 0 Å². The summed E-state index contributed by atoms with van der Waals surface area (Å²) in [5.74, 6) is 1.77. The van der Waals surface area contributed by atoms with Gasteiger partial charge in [-0.2, -0.15) is 0 Å². The average Bonchev–Trinajstić information content (AvgIpc) is 2.91. The van der Waals surface area contributed by atoms with E-state index in [4.69, 9.17) is 9.47 Å². The van der Waals surface area contributed by atoms with Gasteiger partial charge in [-0.1, -0.05) is 25.8 Å². The molecule has 1 saturated heterocycles. The number of likely N-dealkylation sites (N-methyl/N-ethyl adjacent to an activating group) is 1. The number of benzene rings is 1. The predicted octanol–water partition coefficient (Wildman–Crippen LogP) is 4.00. The lowest BCUT2D eigenvalue weighted by Gasteiger charge is -2.42. The van der Waals surface area contributed by atoms with Gasteiger partial charge in [0.2, 0.25) is 0 Å². The minimum Gasteiger partial charge on any atom is -0.493 e. The van der Waals surface area contributed by atoms with Crippen LogP contribution in [0.4, 0.5) is 0 Å². The van der Waals surface area contributed by atoms with Crippen molar-refractivity contribution in [1.29, 1.82) is 0 Å². The van der Waals surface area contributed by atoms with Crippen LogP contribution in [-0.2, 0) is 5.41 Å². The van der Waals surface area contributed by atoms with E-state index in [0.29, 0.717) is 11.5 Å². The van der Waals surface area contributed by atoms with Gasteiger partial charge in [0.05, 0.1) is 13.7 Å². The molecule has 2 atom stereocenters. The van der Waals surface area contributed by atoms with Crippen molar-refractivity contribution in [2.24, 2.45) is 0 Å². The molecule has 2 aliphatic rings. The summed E-state index contributed by atoms with van der Waals surface area (Å²) in [6.07, 6.45) is 7.64. The molecule has 0 radical (unpaired) electrons. The number of methoxy groups -OCH3 is 1. The highest BCUT2D eigenvalue weighted by Crippen LogP contribution is 2.49. The summed E-state index contributed by atoms with van der Waals surface area (Å²) in [7, 11) is 4.01. The van der Waals surface area contributed by atoms with Crippen LogP contribution in [0.25, 0.3) is 0 Å². The van der Waals surface area contributed by atoms with E-state index >= 15 is 0 Å². The Morgan fingerprint density at radius 2 is 2.09 bits per heavy atom. The summed E-state index contributed by atoms with van der Waals surface area (Å²) in [6.45, 7) is 4.09. The highest BCUT2D eigenvalue weighted by molar-refractivity contribution is 5.46. The fraction of sp³-hybridized carbons (Fsp3) is 0.684. The molecule has 0 amide bonds.